The summed E-state index contributed by atoms with van der Waals surface area (Å²) in [5.74, 6) is 1.09. The fraction of sp³-hybridized carbons (Fsp3) is 0.923. The zero-order valence-electron chi connectivity index (χ0n) is 11.3. The Morgan fingerprint density at radius 3 is 2.35 bits per heavy atom. The fourth-order valence-corrected chi connectivity index (χ4v) is 3.11. The van der Waals surface area contributed by atoms with Crippen LogP contribution in [-0.4, -0.2) is 61.5 Å². The lowest BCUT2D eigenvalue weighted by Crippen LogP contribution is -2.47. The Morgan fingerprint density at radius 1 is 1.24 bits per heavy atom. The van der Waals surface area contributed by atoms with Gasteiger partial charge < -0.3 is 10.2 Å². The molecule has 2 aliphatic rings. The Kier molecular flexibility index (Phi) is 4.05. The average molecular weight is 239 g/mol. The van der Waals surface area contributed by atoms with Gasteiger partial charge in [0.15, 0.2) is 0 Å². The van der Waals surface area contributed by atoms with E-state index in [1.807, 2.05) is 19.0 Å². The summed E-state index contributed by atoms with van der Waals surface area (Å²) in [5.41, 5.74) is 0. The van der Waals surface area contributed by atoms with E-state index in [4.69, 9.17) is 0 Å². The van der Waals surface area contributed by atoms with Crippen molar-refractivity contribution in [2.75, 3.05) is 33.7 Å². The van der Waals surface area contributed by atoms with Crippen LogP contribution in [0.3, 0.4) is 0 Å². The molecule has 2 rings (SSSR count). The van der Waals surface area contributed by atoms with Crippen LogP contribution in [0.5, 0.6) is 0 Å². The molecular formula is C13H25N3O. The molecule has 2 aliphatic heterocycles. The number of likely N-dealkylation sites (N-methyl/N-ethyl adjacent to an activating group) is 1. The summed E-state index contributed by atoms with van der Waals surface area (Å²) in [7, 11) is 3.95. The molecule has 1 amide bonds. The molecule has 0 aromatic heterocycles. The number of carbonyl (C=O) groups is 1. The number of rotatable bonds is 3. The molecule has 98 valence electrons. The Morgan fingerprint density at radius 2 is 1.88 bits per heavy atom. The summed E-state index contributed by atoms with van der Waals surface area (Å²) in [6.07, 6.45) is 3.45. The van der Waals surface area contributed by atoms with Crippen molar-refractivity contribution < 1.29 is 4.79 Å². The molecule has 4 heteroatoms. The van der Waals surface area contributed by atoms with Crippen molar-refractivity contribution in [3.8, 4) is 0 Å². The number of nitrogens with zero attached hydrogens (tertiary/aromatic N) is 2. The first kappa shape index (κ1) is 12.8. The molecule has 0 saturated carbocycles. The van der Waals surface area contributed by atoms with Crippen LogP contribution in [0.25, 0.3) is 0 Å². The van der Waals surface area contributed by atoms with Crippen LogP contribution in [0.15, 0.2) is 0 Å². The number of amides is 1. The number of hydrogen-bond acceptors (Lipinski definition) is 3. The van der Waals surface area contributed by atoms with E-state index in [1.54, 1.807) is 0 Å². The van der Waals surface area contributed by atoms with Gasteiger partial charge in [0, 0.05) is 19.6 Å². The van der Waals surface area contributed by atoms with E-state index in [-0.39, 0.29) is 6.04 Å². The molecule has 2 saturated heterocycles. The van der Waals surface area contributed by atoms with Gasteiger partial charge in [0.25, 0.3) is 0 Å². The van der Waals surface area contributed by atoms with Gasteiger partial charge in [0.05, 0.1) is 6.04 Å². The standard InChI is InChI=1S/C13H25N3O/c1-10(14-2)11-4-8-16(9-5-11)12-6-7-15(3)13(12)17/h10-12,14H,4-9H2,1-3H3. The van der Waals surface area contributed by atoms with E-state index in [0.717, 1.165) is 32.0 Å². The van der Waals surface area contributed by atoms with Gasteiger partial charge in [-0.25, -0.2) is 0 Å². The summed E-state index contributed by atoms with van der Waals surface area (Å²) in [6.45, 7) is 5.35. The second-order valence-corrected chi connectivity index (χ2v) is 5.52. The molecule has 4 nitrogen and oxygen atoms in total. The van der Waals surface area contributed by atoms with Crippen molar-refractivity contribution >= 4 is 5.91 Å². The molecule has 17 heavy (non-hydrogen) atoms. The average Bonchev–Trinajstić information content (AvgIpc) is 2.69. The largest absolute Gasteiger partial charge is 0.344 e. The third-order valence-electron chi connectivity index (χ3n) is 4.58. The van der Waals surface area contributed by atoms with E-state index < -0.39 is 0 Å². The predicted molar refractivity (Wildman–Crippen MR) is 68.9 cm³/mol. The zero-order chi connectivity index (χ0) is 12.4. The molecule has 0 aromatic carbocycles. The van der Waals surface area contributed by atoms with Crippen LogP contribution in [0.2, 0.25) is 0 Å². The number of likely N-dealkylation sites (tertiary alicyclic amines) is 2. The lowest BCUT2D eigenvalue weighted by Gasteiger charge is -2.37. The number of nitrogens with one attached hydrogen (secondary N) is 1. The molecule has 0 bridgehead atoms. The molecule has 2 unspecified atom stereocenters. The number of carbonyl (C=O) groups excluding carboxylic acids is 1. The maximum atomic E-state index is 11.9. The van der Waals surface area contributed by atoms with Crippen LogP contribution in [0, 0.1) is 5.92 Å². The minimum Gasteiger partial charge on any atom is -0.344 e. The minimum absolute atomic E-state index is 0.172. The number of piperidine rings is 1. The molecule has 0 spiro atoms. The van der Waals surface area contributed by atoms with Crippen molar-refractivity contribution in [2.45, 2.75) is 38.3 Å². The molecule has 2 heterocycles. The van der Waals surface area contributed by atoms with E-state index in [2.05, 4.69) is 17.1 Å². The maximum Gasteiger partial charge on any atom is 0.239 e. The third-order valence-corrected chi connectivity index (χ3v) is 4.58. The number of hydrogen-bond donors (Lipinski definition) is 1. The molecule has 0 aromatic rings. The molecule has 0 radical (unpaired) electrons. The minimum atomic E-state index is 0.172. The lowest BCUT2D eigenvalue weighted by atomic mass is 9.89. The summed E-state index contributed by atoms with van der Waals surface area (Å²) in [6, 6.07) is 0.768. The first-order valence-corrected chi connectivity index (χ1v) is 6.79. The van der Waals surface area contributed by atoms with Crippen molar-refractivity contribution in [3.05, 3.63) is 0 Å². The Bertz CT molecular complexity index is 274. The molecule has 0 aliphatic carbocycles. The van der Waals surface area contributed by atoms with Crippen LogP contribution < -0.4 is 5.32 Å². The van der Waals surface area contributed by atoms with Gasteiger partial charge in [0.2, 0.25) is 5.91 Å². The van der Waals surface area contributed by atoms with Gasteiger partial charge in [-0.05, 0) is 52.2 Å². The van der Waals surface area contributed by atoms with Crippen molar-refractivity contribution in [1.82, 2.24) is 15.1 Å². The quantitative estimate of drug-likeness (QED) is 0.781. The molecule has 2 atom stereocenters. The van der Waals surface area contributed by atoms with Gasteiger partial charge >= 0.3 is 0 Å². The Hall–Kier alpha value is -0.610. The van der Waals surface area contributed by atoms with E-state index in [1.165, 1.54) is 12.8 Å². The second-order valence-electron chi connectivity index (χ2n) is 5.52. The van der Waals surface area contributed by atoms with Gasteiger partial charge in [-0.1, -0.05) is 0 Å². The monoisotopic (exact) mass is 239 g/mol. The van der Waals surface area contributed by atoms with Gasteiger partial charge in [-0.3, -0.25) is 9.69 Å². The highest BCUT2D eigenvalue weighted by Crippen LogP contribution is 2.25. The Labute approximate surface area is 104 Å². The summed E-state index contributed by atoms with van der Waals surface area (Å²) in [4.78, 5) is 16.2. The zero-order valence-corrected chi connectivity index (χ0v) is 11.3. The summed E-state index contributed by atoms with van der Waals surface area (Å²) >= 11 is 0. The SMILES string of the molecule is CNC(C)C1CCN(C2CCN(C)C2=O)CC1. The van der Waals surface area contributed by atoms with Crippen molar-refractivity contribution in [2.24, 2.45) is 5.92 Å². The van der Waals surface area contributed by atoms with E-state index in [0.29, 0.717) is 11.9 Å². The molecular weight excluding hydrogens is 214 g/mol. The normalized spacial score (nSPS) is 29.9. The van der Waals surface area contributed by atoms with Gasteiger partial charge in [0.1, 0.15) is 0 Å². The highest BCUT2D eigenvalue weighted by atomic mass is 16.2. The second kappa shape index (κ2) is 5.36. The fourth-order valence-electron chi connectivity index (χ4n) is 3.11. The lowest BCUT2D eigenvalue weighted by molar-refractivity contribution is -0.131. The van der Waals surface area contributed by atoms with Crippen LogP contribution in [0.1, 0.15) is 26.2 Å². The highest BCUT2D eigenvalue weighted by molar-refractivity contribution is 5.83. The van der Waals surface area contributed by atoms with Crippen molar-refractivity contribution in [3.63, 3.8) is 0 Å². The highest BCUT2D eigenvalue weighted by Gasteiger charge is 2.36. The molecule has 2 fully saturated rings. The van der Waals surface area contributed by atoms with Crippen molar-refractivity contribution in [1.29, 1.82) is 0 Å². The topological polar surface area (TPSA) is 35.6 Å². The summed E-state index contributed by atoms with van der Waals surface area (Å²) in [5, 5.41) is 3.34. The predicted octanol–water partition coefficient (Wildman–Crippen LogP) is 0.537. The smallest absolute Gasteiger partial charge is 0.239 e. The van der Waals surface area contributed by atoms with Crippen LogP contribution >= 0.6 is 0 Å². The van der Waals surface area contributed by atoms with E-state index >= 15 is 0 Å². The van der Waals surface area contributed by atoms with Crippen LogP contribution in [0.4, 0.5) is 0 Å². The van der Waals surface area contributed by atoms with Gasteiger partial charge in [-0.2, -0.15) is 0 Å². The van der Waals surface area contributed by atoms with Gasteiger partial charge in [-0.15, -0.1) is 0 Å². The first-order chi connectivity index (χ1) is 8.13. The summed E-state index contributed by atoms with van der Waals surface area (Å²) < 4.78 is 0. The van der Waals surface area contributed by atoms with E-state index in [9.17, 15) is 4.79 Å². The Balaban J connectivity index is 1.85. The molecule has 1 N–H and O–H groups in total. The maximum absolute atomic E-state index is 11.9. The first-order valence-electron chi connectivity index (χ1n) is 6.79. The third kappa shape index (κ3) is 2.63. The van der Waals surface area contributed by atoms with Crippen LogP contribution in [-0.2, 0) is 4.79 Å².